The lowest BCUT2D eigenvalue weighted by atomic mass is 10.1. The number of hydrogen-bond acceptors (Lipinski definition) is 4. The summed E-state index contributed by atoms with van der Waals surface area (Å²) in [5.74, 6) is 0.686. The molecule has 0 aliphatic carbocycles. The smallest absolute Gasteiger partial charge is 0.264 e. The van der Waals surface area contributed by atoms with Crippen LogP contribution in [0.4, 0.5) is 5.69 Å². The molecule has 3 aromatic carbocycles. The fraction of sp³-hybridized carbons (Fsp3) is 0.161. The Morgan fingerprint density at radius 2 is 1.63 bits per heavy atom. The SMILES string of the molecule is Cc1cc(C)cc(N=C2NC(=O)/C(=C/c3cc(C)n(-c4ccc(OCc5ccc(Br)cc5)cc4)c3C)S2)c1. The van der Waals surface area contributed by atoms with Crippen molar-refractivity contribution in [2.75, 3.05) is 0 Å². The van der Waals surface area contributed by atoms with Gasteiger partial charge in [0, 0.05) is 21.5 Å². The van der Waals surface area contributed by atoms with E-state index in [2.05, 4.69) is 68.9 Å². The van der Waals surface area contributed by atoms with Gasteiger partial charge in [-0.05, 0) is 122 Å². The molecule has 4 aromatic rings. The Kier molecular flexibility index (Phi) is 7.58. The van der Waals surface area contributed by atoms with Gasteiger partial charge in [0.15, 0.2) is 5.17 Å². The molecule has 1 N–H and O–H groups in total. The van der Waals surface area contributed by atoms with E-state index in [-0.39, 0.29) is 5.91 Å². The van der Waals surface area contributed by atoms with E-state index in [1.165, 1.54) is 11.8 Å². The van der Waals surface area contributed by atoms with Crippen molar-refractivity contribution in [3.05, 3.63) is 116 Å². The third kappa shape index (κ3) is 5.95. The van der Waals surface area contributed by atoms with Crippen LogP contribution in [0.25, 0.3) is 11.8 Å². The van der Waals surface area contributed by atoms with E-state index in [4.69, 9.17) is 4.74 Å². The van der Waals surface area contributed by atoms with Crippen molar-refractivity contribution in [2.24, 2.45) is 4.99 Å². The molecule has 0 spiro atoms. The lowest BCUT2D eigenvalue weighted by Crippen LogP contribution is -2.19. The lowest BCUT2D eigenvalue weighted by Gasteiger charge is -2.11. The van der Waals surface area contributed by atoms with Gasteiger partial charge in [0.25, 0.3) is 5.91 Å². The van der Waals surface area contributed by atoms with Crippen molar-refractivity contribution in [2.45, 2.75) is 34.3 Å². The minimum absolute atomic E-state index is 0.129. The highest BCUT2D eigenvalue weighted by Crippen LogP contribution is 2.31. The number of ether oxygens (including phenoxy) is 1. The van der Waals surface area contributed by atoms with Crippen molar-refractivity contribution < 1.29 is 9.53 Å². The fourth-order valence-electron chi connectivity index (χ4n) is 4.52. The summed E-state index contributed by atoms with van der Waals surface area (Å²) in [5, 5.41) is 3.50. The number of benzene rings is 3. The number of amides is 1. The molecule has 1 aliphatic heterocycles. The summed E-state index contributed by atoms with van der Waals surface area (Å²) < 4.78 is 9.20. The average Bonchev–Trinajstić information content (AvgIpc) is 3.35. The molecule has 0 atom stereocenters. The van der Waals surface area contributed by atoms with Crippen LogP contribution in [0.5, 0.6) is 5.75 Å². The second-order valence-electron chi connectivity index (χ2n) is 9.40. The maximum atomic E-state index is 12.7. The normalized spacial score (nSPS) is 15.3. The largest absolute Gasteiger partial charge is 0.489 e. The molecule has 192 valence electrons. The quantitative estimate of drug-likeness (QED) is 0.234. The molecule has 1 fully saturated rings. The second kappa shape index (κ2) is 11.1. The predicted octanol–water partition coefficient (Wildman–Crippen LogP) is 7.94. The van der Waals surface area contributed by atoms with E-state index in [0.717, 1.165) is 55.2 Å². The van der Waals surface area contributed by atoms with Crippen LogP contribution in [0.2, 0.25) is 0 Å². The van der Waals surface area contributed by atoms with Crippen LogP contribution in [-0.4, -0.2) is 15.6 Å². The number of aromatic nitrogens is 1. The van der Waals surface area contributed by atoms with Gasteiger partial charge in [-0.15, -0.1) is 0 Å². The standard InChI is InChI=1S/C31H28BrN3O2S/c1-19-13-20(2)15-26(14-19)33-31-34-30(36)29(38-31)17-24-16-21(3)35(22(24)4)27-9-11-28(12-10-27)37-18-23-5-7-25(32)8-6-23/h5-17H,18H2,1-4H3,(H,33,34,36)/b29-17-. The highest BCUT2D eigenvalue weighted by molar-refractivity contribution is 9.10. The molecule has 2 heterocycles. The van der Waals surface area contributed by atoms with Crippen molar-refractivity contribution >= 4 is 50.5 Å². The zero-order chi connectivity index (χ0) is 26.8. The number of aryl methyl sites for hydroxylation is 3. The molecule has 0 radical (unpaired) electrons. The minimum Gasteiger partial charge on any atom is -0.489 e. The number of aliphatic imine (C=N–C) groups is 1. The maximum absolute atomic E-state index is 12.7. The van der Waals surface area contributed by atoms with Gasteiger partial charge in [0.1, 0.15) is 12.4 Å². The number of amidine groups is 1. The van der Waals surface area contributed by atoms with Crippen LogP contribution < -0.4 is 10.1 Å². The van der Waals surface area contributed by atoms with E-state index in [1.54, 1.807) is 0 Å². The number of hydrogen-bond donors (Lipinski definition) is 1. The molecule has 1 amide bonds. The third-order valence-electron chi connectivity index (χ3n) is 6.26. The van der Waals surface area contributed by atoms with E-state index in [9.17, 15) is 4.79 Å². The Labute approximate surface area is 235 Å². The molecule has 1 saturated heterocycles. The summed E-state index contributed by atoms with van der Waals surface area (Å²) in [4.78, 5) is 18.0. The van der Waals surface area contributed by atoms with E-state index >= 15 is 0 Å². The Bertz CT molecular complexity index is 1550. The van der Waals surface area contributed by atoms with Crippen molar-refractivity contribution in [1.82, 2.24) is 9.88 Å². The van der Waals surface area contributed by atoms with Gasteiger partial charge in [-0.2, -0.15) is 0 Å². The molecule has 0 unspecified atom stereocenters. The van der Waals surface area contributed by atoms with Crippen LogP contribution in [-0.2, 0) is 11.4 Å². The van der Waals surface area contributed by atoms with Crippen LogP contribution in [0.3, 0.4) is 0 Å². The van der Waals surface area contributed by atoms with Gasteiger partial charge in [0.05, 0.1) is 10.6 Å². The highest BCUT2D eigenvalue weighted by Gasteiger charge is 2.24. The molecule has 7 heteroatoms. The number of halogens is 1. The molecular weight excluding hydrogens is 558 g/mol. The molecule has 5 rings (SSSR count). The minimum atomic E-state index is -0.129. The number of carbonyl (C=O) groups excluding carboxylic acids is 1. The van der Waals surface area contributed by atoms with E-state index in [0.29, 0.717) is 16.7 Å². The first-order valence-electron chi connectivity index (χ1n) is 12.3. The van der Waals surface area contributed by atoms with Crippen LogP contribution >= 0.6 is 27.7 Å². The number of nitrogens with one attached hydrogen (secondary N) is 1. The Morgan fingerprint density at radius 3 is 2.32 bits per heavy atom. The number of rotatable bonds is 6. The van der Waals surface area contributed by atoms with E-state index < -0.39 is 0 Å². The number of nitrogens with zero attached hydrogens (tertiary/aromatic N) is 2. The first-order valence-corrected chi connectivity index (χ1v) is 13.9. The second-order valence-corrected chi connectivity index (χ2v) is 11.3. The lowest BCUT2D eigenvalue weighted by molar-refractivity contribution is -0.115. The van der Waals surface area contributed by atoms with Gasteiger partial charge in [-0.1, -0.05) is 34.1 Å². The van der Waals surface area contributed by atoms with Crippen LogP contribution in [0, 0.1) is 27.7 Å². The Balaban J connectivity index is 1.32. The van der Waals surface area contributed by atoms with Gasteiger partial charge in [-0.3, -0.25) is 4.79 Å². The molecule has 1 aliphatic rings. The van der Waals surface area contributed by atoms with Gasteiger partial charge in [0.2, 0.25) is 0 Å². The predicted molar refractivity (Wildman–Crippen MR) is 160 cm³/mol. The molecule has 0 saturated carbocycles. The number of thioether (sulfide) groups is 1. The molecule has 5 nitrogen and oxygen atoms in total. The van der Waals surface area contributed by atoms with Crippen molar-refractivity contribution in [3.63, 3.8) is 0 Å². The number of carbonyl (C=O) groups is 1. The van der Waals surface area contributed by atoms with Gasteiger partial charge in [-0.25, -0.2) is 4.99 Å². The molecule has 0 bridgehead atoms. The summed E-state index contributed by atoms with van der Waals surface area (Å²) in [6, 6.07) is 24.4. The van der Waals surface area contributed by atoms with Crippen molar-refractivity contribution in [1.29, 1.82) is 0 Å². The van der Waals surface area contributed by atoms with Crippen LogP contribution in [0.15, 0.2) is 87.2 Å². The third-order valence-corrected chi connectivity index (χ3v) is 7.70. The summed E-state index contributed by atoms with van der Waals surface area (Å²) in [7, 11) is 0. The van der Waals surface area contributed by atoms with Crippen molar-refractivity contribution in [3.8, 4) is 11.4 Å². The zero-order valence-electron chi connectivity index (χ0n) is 21.7. The summed E-state index contributed by atoms with van der Waals surface area (Å²) in [6.45, 7) is 8.74. The summed E-state index contributed by atoms with van der Waals surface area (Å²) in [6.07, 6.45) is 1.94. The Morgan fingerprint density at radius 1 is 0.947 bits per heavy atom. The monoisotopic (exact) mass is 585 g/mol. The van der Waals surface area contributed by atoms with Gasteiger partial charge >= 0.3 is 0 Å². The van der Waals surface area contributed by atoms with Crippen LogP contribution in [0.1, 0.15) is 33.6 Å². The molecule has 1 aromatic heterocycles. The summed E-state index contributed by atoms with van der Waals surface area (Å²) in [5.41, 5.74) is 8.44. The fourth-order valence-corrected chi connectivity index (χ4v) is 5.62. The Hall–Kier alpha value is -3.55. The first-order chi connectivity index (χ1) is 18.2. The molecular formula is C31H28BrN3O2S. The highest BCUT2D eigenvalue weighted by atomic mass is 79.9. The zero-order valence-corrected chi connectivity index (χ0v) is 24.1. The topological polar surface area (TPSA) is 55.6 Å². The maximum Gasteiger partial charge on any atom is 0.264 e. The summed E-state index contributed by atoms with van der Waals surface area (Å²) >= 11 is 4.83. The van der Waals surface area contributed by atoms with Gasteiger partial charge < -0.3 is 14.6 Å². The molecule has 38 heavy (non-hydrogen) atoms. The van der Waals surface area contributed by atoms with E-state index in [1.807, 2.05) is 68.5 Å². The first kappa shape index (κ1) is 26.1. The average molecular weight is 587 g/mol.